The molecule has 0 radical (unpaired) electrons. The third-order valence-electron chi connectivity index (χ3n) is 2.75. The van der Waals surface area contributed by atoms with Gasteiger partial charge in [-0.05, 0) is 42.0 Å². The predicted octanol–water partition coefficient (Wildman–Crippen LogP) is 2.25. The van der Waals surface area contributed by atoms with Crippen molar-refractivity contribution in [1.82, 2.24) is 0 Å². The number of nitrogens with two attached hydrogens (primary N) is 1. The molecular weight excluding hydrogens is 262 g/mol. The molecule has 0 atom stereocenters. The molecule has 0 spiro atoms. The maximum Gasteiger partial charge on any atom is 0.182 e. The van der Waals surface area contributed by atoms with E-state index in [2.05, 4.69) is 0 Å². The lowest BCUT2D eigenvalue weighted by molar-refractivity contribution is 0.414. The van der Waals surface area contributed by atoms with Crippen molar-refractivity contribution in [3.05, 3.63) is 54.1 Å². The first-order valence-electron chi connectivity index (χ1n) is 5.72. The Morgan fingerprint density at radius 2 is 1.58 bits per heavy atom. The van der Waals surface area contributed by atoms with Gasteiger partial charge in [0.15, 0.2) is 9.84 Å². The molecule has 0 aliphatic heterocycles. The Balaban J connectivity index is 2.24. The summed E-state index contributed by atoms with van der Waals surface area (Å²) in [4.78, 5) is 0.283. The fraction of sp³-hybridized carbons (Fsp3) is 0.143. The molecule has 0 aliphatic rings. The molecule has 0 aliphatic carbocycles. The smallest absolute Gasteiger partial charge is 0.182 e. The average molecular weight is 277 g/mol. The number of ether oxygens (including phenoxy) is 1. The summed E-state index contributed by atoms with van der Waals surface area (Å²) in [7, 11) is -1.81. The van der Waals surface area contributed by atoms with E-state index in [9.17, 15) is 8.42 Å². The average Bonchev–Trinajstić information content (AvgIpc) is 2.41. The highest BCUT2D eigenvalue weighted by Gasteiger charge is 2.15. The Kier molecular flexibility index (Phi) is 3.76. The van der Waals surface area contributed by atoms with Crippen LogP contribution in [-0.2, 0) is 15.6 Å². The molecule has 0 saturated carbocycles. The third-order valence-corrected chi connectivity index (χ3v) is 4.46. The third kappa shape index (κ3) is 3.26. The van der Waals surface area contributed by atoms with Gasteiger partial charge in [0.25, 0.3) is 0 Å². The van der Waals surface area contributed by atoms with Crippen LogP contribution >= 0.6 is 0 Å². The molecule has 2 N–H and O–H groups in total. The number of hydrogen-bond donors (Lipinski definition) is 1. The molecule has 2 rings (SSSR count). The second-order valence-corrected chi connectivity index (χ2v) is 6.17. The van der Waals surface area contributed by atoms with E-state index in [1.54, 1.807) is 48.5 Å². The van der Waals surface area contributed by atoms with Crippen molar-refractivity contribution < 1.29 is 13.2 Å². The highest BCUT2D eigenvalue weighted by atomic mass is 32.2. The van der Waals surface area contributed by atoms with Gasteiger partial charge in [-0.15, -0.1) is 0 Å². The Morgan fingerprint density at radius 1 is 1.00 bits per heavy atom. The number of sulfone groups is 1. The Morgan fingerprint density at radius 3 is 2.11 bits per heavy atom. The molecule has 0 fully saturated rings. The number of anilines is 1. The lowest BCUT2D eigenvalue weighted by atomic mass is 10.2. The maximum absolute atomic E-state index is 12.2. The van der Waals surface area contributed by atoms with E-state index < -0.39 is 9.84 Å². The van der Waals surface area contributed by atoms with Crippen LogP contribution < -0.4 is 10.5 Å². The zero-order valence-corrected chi connectivity index (χ0v) is 11.4. The minimum atomic E-state index is -3.35. The van der Waals surface area contributed by atoms with Crippen LogP contribution in [0, 0.1) is 0 Å². The summed E-state index contributed by atoms with van der Waals surface area (Å²) in [5.74, 6) is 0.589. The zero-order valence-electron chi connectivity index (χ0n) is 10.5. The van der Waals surface area contributed by atoms with E-state index in [4.69, 9.17) is 10.5 Å². The molecule has 100 valence electrons. The summed E-state index contributed by atoms with van der Waals surface area (Å²) < 4.78 is 29.4. The van der Waals surface area contributed by atoms with E-state index in [1.165, 1.54) is 7.11 Å². The van der Waals surface area contributed by atoms with Crippen LogP contribution in [0.2, 0.25) is 0 Å². The number of benzene rings is 2. The van der Waals surface area contributed by atoms with Crippen LogP contribution in [-0.4, -0.2) is 15.5 Å². The van der Waals surface area contributed by atoms with E-state index in [-0.39, 0.29) is 10.6 Å². The van der Waals surface area contributed by atoms with Gasteiger partial charge < -0.3 is 10.5 Å². The van der Waals surface area contributed by atoms with Gasteiger partial charge in [-0.3, -0.25) is 0 Å². The minimum absolute atomic E-state index is 0.0421. The van der Waals surface area contributed by atoms with Gasteiger partial charge in [0.1, 0.15) is 5.75 Å². The van der Waals surface area contributed by atoms with E-state index in [1.807, 2.05) is 0 Å². The lowest BCUT2D eigenvalue weighted by Crippen LogP contribution is -2.05. The van der Waals surface area contributed by atoms with Crippen LogP contribution in [0.3, 0.4) is 0 Å². The van der Waals surface area contributed by atoms with Crippen LogP contribution in [0.25, 0.3) is 0 Å². The van der Waals surface area contributed by atoms with Crippen LogP contribution in [0.5, 0.6) is 5.75 Å². The maximum atomic E-state index is 12.2. The summed E-state index contributed by atoms with van der Waals surface area (Å²) in [5.41, 5.74) is 6.90. The quantitative estimate of drug-likeness (QED) is 0.870. The normalized spacial score (nSPS) is 11.2. The minimum Gasteiger partial charge on any atom is -0.497 e. The van der Waals surface area contributed by atoms with Crippen LogP contribution in [0.1, 0.15) is 5.56 Å². The Hall–Kier alpha value is -2.01. The number of rotatable bonds is 4. The molecule has 19 heavy (non-hydrogen) atoms. The van der Waals surface area contributed by atoms with Crippen molar-refractivity contribution in [2.45, 2.75) is 10.6 Å². The molecule has 0 aromatic heterocycles. The molecule has 0 amide bonds. The fourth-order valence-corrected chi connectivity index (χ4v) is 3.05. The van der Waals surface area contributed by atoms with Gasteiger partial charge in [-0.1, -0.05) is 12.1 Å². The molecule has 4 nitrogen and oxygen atoms in total. The van der Waals surface area contributed by atoms with Gasteiger partial charge in [0.2, 0.25) is 0 Å². The zero-order chi connectivity index (χ0) is 13.9. The molecule has 0 unspecified atom stereocenters. The molecule has 0 heterocycles. The topological polar surface area (TPSA) is 69.4 Å². The highest BCUT2D eigenvalue weighted by Crippen LogP contribution is 2.20. The summed E-state index contributed by atoms with van der Waals surface area (Å²) in [5, 5.41) is 0. The second kappa shape index (κ2) is 5.32. The molecule has 2 aromatic rings. The monoisotopic (exact) mass is 277 g/mol. The number of methoxy groups -OCH3 is 1. The summed E-state index contributed by atoms with van der Waals surface area (Å²) in [6, 6.07) is 13.2. The van der Waals surface area contributed by atoms with Crippen molar-refractivity contribution in [2.75, 3.05) is 12.8 Å². The van der Waals surface area contributed by atoms with Crippen molar-refractivity contribution in [3.8, 4) is 5.75 Å². The number of nitrogen functional groups attached to an aromatic ring is 1. The summed E-state index contributed by atoms with van der Waals surface area (Å²) in [6.45, 7) is 0. The van der Waals surface area contributed by atoms with Gasteiger partial charge in [-0.2, -0.15) is 0 Å². The molecule has 5 heteroatoms. The fourth-order valence-electron chi connectivity index (χ4n) is 1.70. The van der Waals surface area contributed by atoms with Gasteiger partial charge in [0, 0.05) is 5.69 Å². The second-order valence-electron chi connectivity index (χ2n) is 4.18. The predicted molar refractivity (Wildman–Crippen MR) is 74.7 cm³/mol. The summed E-state index contributed by atoms with van der Waals surface area (Å²) in [6.07, 6.45) is 0. The van der Waals surface area contributed by atoms with Gasteiger partial charge >= 0.3 is 0 Å². The van der Waals surface area contributed by atoms with E-state index >= 15 is 0 Å². The van der Waals surface area contributed by atoms with Gasteiger partial charge in [0.05, 0.1) is 17.8 Å². The van der Waals surface area contributed by atoms with Crippen molar-refractivity contribution in [3.63, 3.8) is 0 Å². The number of hydrogen-bond acceptors (Lipinski definition) is 4. The first-order valence-corrected chi connectivity index (χ1v) is 7.38. The van der Waals surface area contributed by atoms with Gasteiger partial charge in [-0.25, -0.2) is 8.42 Å². The van der Waals surface area contributed by atoms with Crippen molar-refractivity contribution >= 4 is 15.5 Å². The van der Waals surface area contributed by atoms with E-state index in [0.29, 0.717) is 17.0 Å². The largest absolute Gasteiger partial charge is 0.497 e. The van der Waals surface area contributed by atoms with Crippen LogP contribution in [0.15, 0.2) is 53.4 Å². The van der Waals surface area contributed by atoms with E-state index in [0.717, 1.165) is 0 Å². The molecule has 0 saturated heterocycles. The summed E-state index contributed by atoms with van der Waals surface area (Å²) >= 11 is 0. The molecule has 2 aromatic carbocycles. The molecular formula is C14H15NO3S. The SMILES string of the molecule is COc1ccc(S(=O)(=O)Cc2ccc(N)cc2)cc1. The van der Waals surface area contributed by atoms with Crippen molar-refractivity contribution in [2.24, 2.45) is 0 Å². The van der Waals surface area contributed by atoms with Crippen LogP contribution in [0.4, 0.5) is 5.69 Å². The Labute approximate surface area is 112 Å². The first kappa shape index (κ1) is 13.4. The Bertz CT molecular complexity index is 646. The molecule has 0 bridgehead atoms. The van der Waals surface area contributed by atoms with Crippen molar-refractivity contribution in [1.29, 1.82) is 0 Å². The standard InChI is InChI=1S/C14H15NO3S/c1-18-13-6-8-14(9-7-13)19(16,17)10-11-2-4-12(15)5-3-11/h2-9H,10,15H2,1H3. The highest BCUT2D eigenvalue weighted by molar-refractivity contribution is 7.90. The first-order chi connectivity index (χ1) is 9.01. The lowest BCUT2D eigenvalue weighted by Gasteiger charge is -2.06.